The van der Waals surface area contributed by atoms with Gasteiger partial charge in [-0.15, -0.1) is 0 Å². The van der Waals surface area contributed by atoms with Crippen LogP contribution in [0.25, 0.3) is 0 Å². The predicted molar refractivity (Wildman–Crippen MR) is 96.2 cm³/mol. The van der Waals surface area contributed by atoms with Crippen LogP contribution in [0.4, 0.5) is 0 Å². The molecule has 1 aromatic rings. The van der Waals surface area contributed by atoms with Crippen LogP contribution in [-0.2, 0) is 12.1 Å². The normalized spacial score (nSPS) is 26.7. The van der Waals surface area contributed by atoms with Crippen LogP contribution in [0.5, 0.6) is 0 Å². The molecule has 3 rings (SSSR count). The molecule has 1 heterocycles. The van der Waals surface area contributed by atoms with E-state index in [1.165, 1.54) is 43.2 Å². The van der Waals surface area contributed by atoms with Gasteiger partial charge in [0.25, 0.3) is 0 Å². The molecule has 0 amide bonds. The van der Waals surface area contributed by atoms with Crippen molar-refractivity contribution in [1.29, 1.82) is 0 Å². The molecule has 120 valence electrons. The topological polar surface area (TPSA) is 50.4 Å². The van der Waals surface area contributed by atoms with Gasteiger partial charge in [0.15, 0.2) is 5.17 Å². The Kier molecular flexibility index (Phi) is 5.09. The van der Waals surface area contributed by atoms with Crippen LogP contribution in [0, 0.1) is 0 Å². The monoisotopic (exact) mass is 317 g/mol. The maximum Gasteiger partial charge on any atom is 0.154 e. The van der Waals surface area contributed by atoms with Gasteiger partial charge in [-0.3, -0.25) is 4.99 Å². The molecular formula is C18H27N3S. The Labute approximate surface area is 138 Å². The lowest BCUT2D eigenvalue weighted by Crippen LogP contribution is -2.31. The Bertz CT molecular complexity index is 537. The molecule has 4 heteroatoms. The first-order valence-electron chi connectivity index (χ1n) is 8.47. The third-order valence-corrected chi connectivity index (χ3v) is 5.74. The number of amidine groups is 1. The summed E-state index contributed by atoms with van der Waals surface area (Å²) < 4.78 is 0. The molecule has 0 saturated heterocycles. The van der Waals surface area contributed by atoms with Crippen LogP contribution < -0.4 is 11.1 Å². The van der Waals surface area contributed by atoms with Gasteiger partial charge in [0.2, 0.25) is 0 Å². The number of nitrogens with zero attached hydrogens (tertiary/aromatic N) is 1. The summed E-state index contributed by atoms with van der Waals surface area (Å²) in [6, 6.07) is 9.58. The van der Waals surface area contributed by atoms with E-state index in [-0.39, 0.29) is 5.54 Å². The summed E-state index contributed by atoms with van der Waals surface area (Å²) in [7, 11) is 0. The van der Waals surface area contributed by atoms with Crippen LogP contribution in [0.3, 0.4) is 0 Å². The molecule has 0 aromatic heterocycles. The number of benzene rings is 1. The van der Waals surface area contributed by atoms with E-state index in [1.807, 2.05) is 0 Å². The van der Waals surface area contributed by atoms with Crippen molar-refractivity contribution in [3.63, 3.8) is 0 Å². The van der Waals surface area contributed by atoms with Gasteiger partial charge in [-0.2, -0.15) is 0 Å². The number of hydrogen-bond acceptors (Lipinski definition) is 4. The van der Waals surface area contributed by atoms with E-state index in [9.17, 15) is 0 Å². The molecule has 2 aliphatic rings. The molecule has 1 atom stereocenters. The molecule has 0 spiro atoms. The standard InChI is InChI=1S/C18H27N3S/c1-18(10-11-22-17(19)21-18)15-7-5-6-14(12-15)13-20-16-8-3-2-4-9-16/h5-7,12,16,20H,2-4,8-11,13H2,1H3,(H2,19,21). The van der Waals surface area contributed by atoms with E-state index in [0.717, 1.165) is 23.9 Å². The van der Waals surface area contributed by atoms with Crippen LogP contribution >= 0.6 is 11.8 Å². The van der Waals surface area contributed by atoms with Crippen molar-refractivity contribution >= 4 is 16.9 Å². The number of thioether (sulfide) groups is 1. The van der Waals surface area contributed by atoms with E-state index in [2.05, 4.69) is 36.5 Å². The lowest BCUT2D eigenvalue weighted by atomic mass is 9.88. The maximum atomic E-state index is 5.94. The minimum Gasteiger partial charge on any atom is -0.379 e. The SMILES string of the molecule is CC1(c2cccc(CNC3CCCCC3)c2)CCSC(N)=N1. The Morgan fingerprint density at radius 3 is 2.91 bits per heavy atom. The molecule has 3 nitrogen and oxygen atoms in total. The summed E-state index contributed by atoms with van der Waals surface area (Å²) >= 11 is 1.66. The fourth-order valence-electron chi connectivity index (χ4n) is 3.48. The zero-order valence-corrected chi connectivity index (χ0v) is 14.3. The summed E-state index contributed by atoms with van der Waals surface area (Å²) in [4.78, 5) is 4.71. The second kappa shape index (κ2) is 7.05. The second-order valence-corrected chi connectivity index (χ2v) is 7.85. The third-order valence-electron chi connectivity index (χ3n) is 4.94. The molecular weight excluding hydrogens is 290 g/mol. The molecule has 1 aromatic carbocycles. The van der Waals surface area contributed by atoms with Gasteiger partial charge in [-0.25, -0.2) is 0 Å². The lowest BCUT2D eigenvalue weighted by molar-refractivity contribution is 0.372. The molecule has 0 bridgehead atoms. The van der Waals surface area contributed by atoms with E-state index < -0.39 is 0 Å². The molecule has 0 radical (unpaired) electrons. The molecule has 1 saturated carbocycles. The van der Waals surface area contributed by atoms with E-state index >= 15 is 0 Å². The summed E-state index contributed by atoms with van der Waals surface area (Å²) in [6.45, 7) is 3.16. The Morgan fingerprint density at radius 1 is 1.32 bits per heavy atom. The predicted octanol–water partition coefficient (Wildman–Crippen LogP) is 3.78. The van der Waals surface area contributed by atoms with Crippen molar-refractivity contribution in [1.82, 2.24) is 5.32 Å². The zero-order valence-electron chi connectivity index (χ0n) is 13.5. The van der Waals surface area contributed by atoms with Gasteiger partial charge in [0.1, 0.15) is 0 Å². The van der Waals surface area contributed by atoms with Gasteiger partial charge >= 0.3 is 0 Å². The van der Waals surface area contributed by atoms with Gasteiger partial charge < -0.3 is 11.1 Å². The zero-order chi connectivity index (χ0) is 15.4. The van der Waals surface area contributed by atoms with Crippen molar-refractivity contribution in [2.24, 2.45) is 10.7 Å². The van der Waals surface area contributed by atoms with Crippen LogP contribution in [0.15, 0.2) is 29.3 Å². The van der Waals surface area contributed by atoms with Crippen LogP contribution in [0.2, 0.25) is 0 Å². The first-order valence-corrected chi connectivity index (χ1v) is 9.45. The number of hydrogen-bond donors (Lipinski definition) is 2. The molecule has 22 heavy (non-hydrogen) atoms. The van der Waals surface area contributed by atoms with Gasteiger partial charge in [0.05, 0.1) is 5.54 Å². The molecule has 3 N–H and O–H groups in total. The minimum atomic E-state index is -0.157. The summed E-state index contributed by atoms with van der Waals surface area (Å²) in [5.74, 6) is 1.05. The minimum absolute atomic E-state index is 0.157. The fraction of sp³-hybridized carbons (Fsp3) is 0.611. The van der Waals surface area contributed by atoms with E-state index in [1.54, 1.807) is 11.8 Å². The highest BCUT2D eigenvalue weighted by Crippen LogP contribution is 2.35. The highest BCUT2D eigenvalue weighted by Gasteiger charge is 2.29. The molecule has 1 aliphatic carbocycles. The molecule has 1 aliphatic heterocycles. The summed E-state index contributed by atoms with van der Waals surface area (Å²) in [6.07, 6.45) is 7.87. The fourth-order valence-corrected chi connectivity index (χ4v) is 4.45. The Hall–Kier alpha value is -1.00. The van der Waals surface area contributed by atoms with Gasteiger partial charge in [-0.05, 0) is 37.3 Å². The average molecular weight is 318 g/mol. The number of rotatable bonds is 4. The first kappa shape index (κ1) is 15.9. The molecule has 1 fully saturated rings. The smallest absolute Gasteiger partial charge is 0.154 e. The average Bonchev–Trinajstić information content (AvgIpc) is 2.54. The van der Waals surface area contributed by atoms with E-state index in [0.29, 0.717) is 6.04 Å². The van der Waals surface area contributed by atoms with Crippen molar-refractivity contribution in [2.45, 2.75) is 63.6 Å². The summed E-state index contributed by atoms with van der Waals surface area (Å²) in [5, 5.41) is 4.45. The van der Waals surface area contributed by atoms with Crippen LogP contribution in [-0.4, -0.2) is 17.0 Å². The maximum absolute atomic E-state index is 5.94. The summed E-state index contributed by atoms with van der Waals surface area (Å²) in [5.41, 5.74) is 8.43. The second-order valence-electron chi connectivity index (χ2n) is 6.74. The Balaban J connectivity index is 1.68. The third kappa shape index (κ3) is 3.85. The number of nitrogens with one attached hydrogen (secondary N) is 1. The number of aliphatic imine (C=N–C) groups is 1. The van der Waals surface area contributed by atoms with Crippen molar-refractivity contribution in [3.8, 4) is 0 Å². The van der Waals surface area contributed by atoms with Gasteiger partial charge in [-0.1, -0.05) is 55.3 Å². The quantitative estimate of drug-likeness (QED) is 0.888. The van der Waals surface area contributed by atoms with Crippen molar-refractivity contribution < 1.29 is 0 Å². The lowest BCUT2D eigenvalue weighted by Gasteiger charge is -2.30. The largest absolute Gasteiger partial charge is 0.379 e. The molecule has 1 unspecified atom stereocenters. The van der Waals surface area contributed by atoms with E-state index in [4.69, 9.17) is 10.7 Å². The highest BCUT2D eigenvalue weighted by molar-refractivity contribution is 8.13. The highest BCUT2D eigenvalue weighted by atomic mass is 32.2. The van der Waals surface area contributed by atoms with Crippen molar-refractivity contribution in [2.75, 3.05) is 5.75 Å². The number of nitrogens with two attached hydrogens (primary N) is 1. The Morgan fingerprint density at radius 2 is 2.14 bits per heavy atom. The van der Waals surface area contributed by atoms with Crippen LogP contribution in [0.1, 0.15) is 56.6 Å². The van der Waals surface area contributed by atoms with Gasteiger partial charge in [0, 0.05) is 18.3 Å². The first-order chi connectivity index (χ1) is 10.7. The van der Waals surface area contributed by atoms with Crippen molar-refractivity contribution in [3.05, 3.63) is 35.4 Å².